The number of nitrogens with zero attached hydrogens (tertiary/aromatic N) is 3. The van der Waals surface area contributed by atoms with Crippen LogP contribution < -0.4 is 5.43 Å². The lowest BCUT2D eigenvalue weighted by Crippen LogP contribution is -2.21. The van der Waals surface area contributed by atoms with Gasteiger partial charge in [-0.3, -0.25) is 20.2 Å². The third kappa shape index (κ3) is 3.09. The Balaban J connectivity index is 3.08. The summed E-state index contributed by atoms with van der Waals surface area (Å²) in [5, 5.41) is 30.2. The third-order valence-electron chi connectivity index (χ3n) is 1.88. The summed E-state index contributed by atoms with van der Waals surface area (Å²) in [5.74, 6) is 0. The molecule has 90 valence electrons. The second-order valence-electron chi connectivity index (χ2n) is 2.92. The summed E-state index contributed by atoms with van der Waals surface area (Å²) in [6, 6.07) is 2.91. The number of nitro groups is 3. The van der Waals surface area contributed by atoms with Crippen molar-refractivity contribution in [1.82, 2.24) is 5.43 Å². The molecule has 0 bridgehead atoms. The molecular formula is C7H6N4O6. The molecule has 1 aromatic rings. The van der Waals surface area contributed by atoms with E-state index >= 15 is 0 Å². The van der Waals surface area contributed by atoms with E-state index in [0.29, 0.717) is 0 Å². The van der Waals surface area contributed by atoms with Gasteiger partial charge in [-0.1, -0.05) is 0 Å². The van der Waals surface area contributed by atoms with Crippen molar-refractivity contribution >= 4 is 11.4 Å². The SMILES string of the molecule is O=[N+]([O-])NCc1ccc([N+](=O)[O-])cc1[N+](=O)[O-]. The monoisotopic (exact) mass is 242 g/mol. The molecule has 0 aromatic heterocycles. The maximum atomic E-state index is 10.6. The minimum absolute atomic E-state index is 0.00250. The summed E-state index contributed by atoms with van der Waals surface area (Å²) in [6.07, 6.45) is 0. The van der Waals surface area contributed by atoms with Crippen LogP contribution in [-0.4, -0.2) is 14.9 Å². The minimum Gasteiger partial charge on any atom is -0.258 e. The quantitative estimate of drug-likeness (QED) is 0.593. The van der Waals surface area contributed by atoms with Gasteiger partial charge in [0.05, 0.1) is 21.5 Å². The molecule has 0 spiro atoms. The number of rotatable bonds is 5. The molecule has 1 rings (SSSR count). The molecule has 1 aromatic carbocycles. The number of hydrazine groups is 1. The molecule has 0 fully saturated rings. The van der Waals surface area contributed by atoms with Crippen LogP contribution in [0.2, 0.25) is 0 Å². The van der Waals surface area contributed by atoms with E-state index < -0.39 is 26.3 Å². The van der Waals surface area contributed by atoms with Gasteiger partial charge in [0, 0.05) is 6.07 Å². The average Bonchev–Trinajstić information content (AvgIpc) is 2.25. The van der Waals surface area contributed by atoms with Gasteiger partial charge in [0.15, 0.2) is 5.03 Å². The van der Waals surface area contributed by atoms with Crippen LogP contribution in [0.1, 0.15) is 5.56 Å². The fraction of sp³-hybridized carbons (Fsp3) is 0.143. The lowest BCUT2D eigenvalue weighted by Gasteiger charge is -2.00. The van der Waals surface area contributed by atoms with Crippen LogP contribution in [-0.2, 0) is 6.54 Å². The molecule has 0 aliphatic rings. The molecule has 17 heavy (non-hydrogen) atoms. The Morgan fingerprint density at radius 2 is 1.71 bits per heavy atom. The Kier molecular flexibility index (Phi) is 3.49. The van der Waals surface area contributed by atoms with Gasteiger partial charge in [-0.2, -0.15) is 0 Å². The highest BCUT2D eigenvalue weighted by Gasteiger charge is 2.19. The van der Waals surface area contributed by atoms with Crippen LogP contribution in [0.15, 0.2) is 18.2 Å². The van der Waals surface area contributed by atoms with Crippen molar-refractivity contribution in [3.8, 4) is 0 Å². The Labute approximate surface area is 93.3 Å². The summed E-state index contributed by atoms with van der Waals surface area (Å²) in [5.41, 5.74) is 0.774. The van der Waals surface area contributed by atoms with Gasteiger partial charge in [-0.15, -0.1) is 5.43 Å². The van der Waals surface area contributed by atoms with Crippen LogP contribution >= 0.6 is 0 Å². The van der Waals surface area contributed by atoms with Crippen molar-refractivity contribution in [2.75, 3.05) is 0 Å². The van der Waals surface area contributed by atoms with Crippen molar-refractivity contribution < 1.29 is 14.9 Å². The highest BCUT2D eigenvalue weighted by atomic mass is 16.7. The average molecular weight is 242 g/mol. The lowest BCUT2D eigenvalue weighted by atomic mass is 10.1. The fourth-order valence-electron chi connectivity index (χ4n) is 1.13. The van der Waals surface area contributed by atoms with Crippen molar-refractivity contribution in [1.29, 1.82) is 0 Å². The van der Waals surface area contributed by atoms with Crippen LogP contribution in [0.4, 0.5) is 11.4 Å². The Morgan fingerprint density at radius 1 is 1.06 bits per heavy atom. The highest BCUT2D eigenvalue weighted by Crippen LogP contribution is 2.24. The number of hydrogen-bond donors (Lipinski definition) is 1. The standard InChI is InChI=1S/C7H6N4O6/c12-9(13)6-2-1-5(4-8-11(16)17)7(3-6)10(14)15/h1-3,8H,4H2. The number of nitro benzene ring substituents is 2. The fourth-order valence-corrected chi connectivity index (χ4v) is 1.13. The Bertz CT molecular complexity index is 487. The number of benzene rings is 1. The number of hydrogen-bond acceptors (Lipinski definition) is 6. The first kappa shape index (κ1) is 12.3. The Hall–Kier alpha value is -2.78. The van der Waals surface area contributed by atoms with E-state index in [1.54, 1.807) is 5.43 Å². The predicted molar refractivity (Wildman–Crippen MR) is 53.6 cm³/mol. The second kappa shape index (κ2) is 4.83. The van der Waals surface area contributed by atoms with E-state index in [0.717, 1.165) is 18.2 Å². The van der Waals surface area contributed by atoms with Gasteiger partial charge >= 0.3 is 0 Å². The zero-order valence-electron chi connectivity index (χ0n) is 8.23. The van der Waals surface area contributed by atoms with Gasteiger partial charge in [-0.25, -0.2) is 10.1 Å². The van der Waals surface area contributed by atoms with Crippen molar-refractivity contribution in [3.63, 3.8) is 0 Å². The summed E-state index contributed by atoms with van der Waals surface area (Å²) >= 11 is 0. The minimum atomic E-state index is -0.856. The van der Waals surface area contributed by atoms with E-state index in [9.17, 15) is 30.3 Å². The summed E-state index contributed by atoms with van der Waals surface area (Å²) < 4.78 is 0. The van der Waals surface area contributed by atoms with Crippen molar-refractivity contribution in [2.45, 2.75) is 6.54 Å². The first-order chi connectivity index (χ1) is 7.91. The molecule has 10 heteroatoms. The molecule has 0 radical (unpaired) electrons. The maximum Gasteiger partial charge on any atom is 0.281 e. The van der Waals surface area contributed by atoms with Gasteiger partial charge in [-0.05, 0) is 6.07 Å². The lowest BCUT2D eigenvalue weighted by molar-refractivity contribution is -0.547. The van der Waals surface area contributed by atoms with E-state index in [1.165, 1.54) is 0 Å². The van der Waals surface area contributed by atoms with Crippen LogP contribution in [0, 0.1) is 30.3 Å². The zero-order valence-corrected chi connectivity index (χ0v) is 8.23. The van der Waals surface area contributed by atoms with E-state index in [1.807, 2.05) is 0 Å². The van der Waals surface area contributed by atoms with E-state index in [-0.39, 0.29) is 12.1 Å². The number of non-ortho nitro benzene ring substituents is 1. The summed E-state index contributed by atoms with van der Waals surface area (Å²) in [7, 11) is 0. The molecule has 0 atom stereocenters. The smallest absolute Gasteiger partial charge is 0.258 e. The molecule has 0 saturated carbocycles. The Morgan fingerprint density at radius 3 is 2.18 bits per heavy atom. The van der Waals surface area contributed by atoms with Crippen LogP contribution in [0.5, 0.6) is 0 Å². The molecule has 1 N–H and O–H groups in total. The summed E-state index contributed by atoms with van der Waals surface area (Å²) in [4.78, 5) is 29.5. The van der Waals surface area contributed by atoms with E-state index in [4.69, 9.17) is 0 Å². The topological polar surface area (TPSA) is 141 Å². The molecule has 0 heterocycles. The first-order valence-electron chi connectivity index (χ1n) is 4.21. The molecule has 0 unspecified atom stereocenters. The van der Waals surface area contributed by atoms with Gasteiger partial charge in [0.25, 0.3) is 11.4 Å². The molecule has 10 nitrogen and oxygen atoms in total. The van der Waals surface area contributed by atoms with Crippen molar-refractivity contribution in [2.24, 2.45) is 0 Å². The maximum absolute atomic E-state index is 10.6. The highest BCUT2D eigenvalue weighted by molar-refractivity contribution is 5.48. The normalized spacial score (nSPS) is 9.65. The first-order valence-corrected chi connectivity index (χ1v) is 4.21. The summed E-state index contributed by atoms with van der Waals surface area (Å²) in [6.45, 7) is -0.388. The largest absolute Gasteiger partial charge is 0.281 e. The molecule has 0 amide bonds. The molecule has 0 saturated heterocycles. The molecule has 0 aliphatic carbocycles. The predicted octanol–water partition coefficient (Wildman–Crippen LogP) is 0.784. The van der Waals surface area contributed by atoms with Crippen LogP contribution in [0.25, 0.3) is 0 Å². The molecule has 0 aliphatic heterocycles. The van der Waals surface area contributed by atoms with Gasteiger partial charge in [0.1, 0.15) is 6.54 Å². The molecular weight excluding hydrogens is 236 g/mol. The van der Waals surface area contributed by atoms with Gasteiger partial charge < -0.3 is 0 Å². The number of nitrogens with one attached hydrogen (secondary N) is 1. The van der Waals surface area contributed by atoms with Gasteiger partial charge in [0.2, 0.25) is 0 Å². The van der Waals surface area contributed by atoms with E-state index in [2.05, 4.69) is 0 Å². The second-order valence-corrected chi connectivity index (χ2v) is 2.92. The zero-order chi connectivity index (χ0) is 13.0. The van der Waals surface area contributed by atoms with Crippen LogP contribution in [0.3, 0.4) is 0 Å². The third-order valence-corrected chi connectivity index (χ3v) is 1.88. The van der Waals surface area contributed by atoms with Crippen molar-refractivity contribution in [3.05, 3.63) is 54.1 Å².